The molecule has 3 fully saturated rings. The summed E-state index contributed by atoms with van der Waals surface area (Å²) >= 11 is 0. The highest BCUT2D eigenvalue weighted by Crippen LogP contribution is 2.40. The molecule has 46 heavy (non-hydrogen) atoms. The molecular formula is C32H37F4N7O3. The molecule has 0 radical (unpaired) electrons. The fourth-order valence-corrected chi connectivity index (χ4v) is 7.04. The number of benzene rings is 1. The van der Waals surface area contributed by atoms with Crippen molar-refractivity contribution in [1.29, 1.82) is 0 Å². The van der Waals surface area contributed by atoms with Crippen LogP contribution < -0.4 is 14.7 Å². The van der Waals surface area contributed by atoms with Gasteiger partial charge in [0, 0.05) is 90.0 Å². The van der Waals surface area contributed by atoms with E-state index in [0.29, 0.717) is 43.6 Å². The van der Waals surface area contributed by atoms with Crippen LogP contribution in [-0.2, 0) is 20.6 Å². The zero-order valence-corrected chi connectivity index (χ0v) is 25.8. The Balaban J connectivity index is 1.21. The number of amides is 3. The molecule has 0 spiro atoms. The average molecular weight is 644 g/mol. The number of alkyl halides is 3. The van der Waals surface area contributed by atoms with Crippen molar-refractivity contribution >= 4 is 34.9 Å². The number of hydrogen-bond donors (Lipinski definition) is 0. The first-order valence-electron chi connectivity index (χ1n) is 15.4. The van der Waals surface area contributed by atoms with E-state index < -0.39 is 41.3 Å². The van der Waals surface area contributed by atoms with Crippen molar-refractivity contribution in [2.24, 2.45) is 5.92 Å². The molecule has 5 heterocycles. The lowest BCUT2D eigenvalue weighted by Gasteiger charge is -2.48. The van der Waals surface area contributed by atoms with Crippen molar-refractivity contribution in [3.8, 4) is 0 Å². The van der Waals surface area contributed by atoms with Gasteiger partial charge in [-0.3, -0.25) is 29.1 Å². The van der Waals surface area contributed by atoms with Gasteiger partial charge in [-0.05, 0) is 43.3 Å². The van der Waals surface area contributed by atoms with Gasteiger partial charge in [0.1, 0.15) is 17.7 Å². The first-order chi connectivity index (χ1) is 21.8. The number of rotatable bonds is 6. The Morgan fingerprint density at radius 2 is 1.74 bits per heavy atom. The molecule has 4 aliphatic heterocycles. The number of pyridine rings is 1. The summed E-state index contributed by atoms with van der Waals surface area (Å²) in [5.41, 5.74) is 0.0905. The van der Waals surface area contributed by atoms with Gasteiger partial charge in [-0.15, -0.1) is 0 Å². The molecule has 1 aromatic heterocycles. The maximum Gasteiger partial charge on any atom is 0.416 e. The number of carbonyl (C=O) groups is 3. The van der Waals surface area contributed by atoms with Crippen molar-refractivity contribution in [2.45, 2.75) is 31.6 Å². The smallest absolute Gasteiger partial charge is 0.368 e. The third-order valence-corrected chi connectivity index (χ3v) is 9.58. The second-order valence-corrected chi connectivity index (χ2v) is 12.5. The van der Waals surface area contributed by atoms with Crippen LogP contribution in [0, 0.1) is 18.7 Å². The standard InChI is InChI=1S/C32H37F4N7O3/c1-4-28(44)42-18-24(19-42)40-10-7-39(8-11-40)9-12-41-17-21-14-29(45)43(27-15-22(32(34,35)36)13-20(2)37-27)30(21)31(46)38(3)26-16-23(33)5-6-25(26)41/h4-6,13,15-16,21,24,30H,1,7-12,14,17-19H2,2-3H3/t21-,30+/m1/s1. The SMILES string of the molecule is C=CC(=O)N1CC(N2CCN(CCN3C[C@H]4CC(=O)N(c5cc(C(F)(F)F)cc(C)n5)[C@@H]4C(=O)N(C)c4cc(F)ccc43)CC2)C1. The van der Waals surface area contributed by atoms with E-state index in [1.807, 2.05) is 4.90 Å². The highest BCUT2D eigenvalue weighted by atomic mass is 19.4. The van der Waals surface area contributed by atoms with E-state index >= 15 is 0 Å². The molecule has 0 N–H and O–H groups in total. The Hall–Kier alpha value is -4.04. The predicted molar refractivity (Wildman–Crippen MR) is 164 cm³/mol. The second-order valence-electron chi connectivity index (χ2n) is 12.5. The van der Waals surface area contributed by atoms with Crippen molar-refractivity contribution in [3.05, 3.63) is 60.1 Å². The molecule has 3 saturated heterocycles. The van der Waals surface area contributed by atoms with Gasteiger partial charge < -0.3 is 14.7 Å². The number of likely N-dealkylation sites (tertiary alicyclic amines) is 1. The Morgan fingerprint density at radius 3 is 2.41 bits per heavy atom. The summed E-state index contributed by atoms with van der Waals surface area (Å²) in [6, 6.07) is 5.18. The molecule has 10 nitrogen and oxygen atoms in total. The number of aromatic nitrogens is 1. The third kappa shape index (κ3) is 6.07. The Labute approximate surface area is 264 Å². The fourth-order valence-electron chi connectivity index (χ4n) is 7.04. The van der Waals surface area contributed by atoms with Crippen LogP contribution in [-0.4, -0.2) is 115 Å². The lowest BCUT2D eigenvalue weighted by molar-refractivity contribution is -0.137. The molecule has 0 saturated carbocycles. The van der Waals surface area contributed by atoms with E-state index in [4.69, 9.17) is 0 Å². The quantitative estimate of drug-likeness (QED) is 0.354. The van der Waals surface area contributed by atoms with Crippen molar-refractivity contribution in [3.63, 3.8) is 0 Å². The summed E-state index contributed by atoms with van der Waals surface area (Å²) in [4.78, 5) is 54.4. The number of carbonyl (C=O) groups excluding carboxylic acids is 3. The first kappa shape index (κ1) is 31.9. The van der Waals surface area contributed by atoms with Crippen molar-refractivity contribution in [1.82, 2.24) is 19.7 Å². The van der Waals surface area contributed by atoms with Crippen LogP contribution >= 0.6 is 0 Å². The topological polar surface area (TPSA) is 83.5 Å². The summed E-state index contributed by atoms with van der Waals surface area (Å²) in [5, 5.41) is 0. The summed E-state index contributed by atoms with van der Waals surface area (Å²) in [5.74, 6) is -2.34. The number of fused-ring (bicyclic) bond motifs is 2. The highest BCUT2D eigenvalue weighted by molar-refractivity contribution is 6.10. The minimum atomic E-state index is -4.66. The molecule has 6 rings (SSSR count). The van der Waals surface area contributed by atoms with Crippen LogP contribution in [0.15, 0.2) is 43.0 Å². The zero-order chi connectivity index (χ0) is 32.9. The monoisotopic (exact) mass is 643 g/mol. The van der Waals surface area contributed by atoms with Gasteiger partial charge in [-0.1, -0.05) is 6.58 Å². The van der Waals surface area contributed by atoms with E-state index in [2.05, 4.69) is 21.4 Å². The number of hydrogen-bond acceptors (Lipinski definition) is 7. The number of halogens is 4. The normalized spacial score (nSPS) is 23.2. The highest BCUT2D eigenvalue weighted by Gasteiger charge is 2.49. The Morgan fingerprint density at radius 1 is 1.02 bits per heavy atom. The number of likely N-dealkylation sites (N-methyl/N-ethyl adjacent to an activating group) is 1. The van der Waals surface area contributed by atoms with Gasteiger partial charge in [-0.2, -0.15) is 13.2 Å². The zero-order valence-electron chi connectivity index (χ0n) is 25.8. The molecule has 4 aliphatic rings. The number of anilines is 3. The van der Waals surface area contributed by atoms with Crippen LogP contribution in [0.3, 0.4) is 0 Å². The second kappa shape index (κ2) is 12.3. The van der Waals surface area contributed by atoms with Crippen LogP contribution in [0.4, 0.5) is 34.8 Å². The maximum atomic E-state index is 14.6. The minimum absolute atomic E-state index is 0.0420. The minimum Gasteiger partial charge on any atom is -0.368 e. The van der Waals surface area contributed by atoms with E-state index in [-0.39, 0.29) is 30.4 Å². The largest absolute Gasteiger partial charge is 0.416 e. The van der Waals surface area contributed by atoms with Crippen LogP contribution in [0.1, 0.15) is 17.7 Å². The average Bonchev–Trinajstić information content (AvgIpc) is 3.32. The number of aryl methyl sites for hydroxylation is 1. The van der Waals surface area contributed by atoms with Gasteiger partial charge >= 0.3 is 6.18 Å². The van der Waals surface area contributed by atoms with Gasteiger partial charge in [0.05, 0.1) is 16.9 Å². The number of piperazine rings is 1. The summed E-state index contributed by atoms with van der Waals surface area (Å²) in [7, 11) is 1.50. The van der Waals surface area contributed by atoms with E-state index in [1.165, 1.54) is 37.1 Å². The van der Waals surface area contributed by atoms with Crippen LogP contribution in [0.5, 0.6) is 0 Å². The predicted octanol–water partition coefficient (Wildman–Crippen LogP) is 2.77. The molecule has 0 unspecified atom stereocenters. The lowest BCUT2D eigenvalue weighted by atomic mass is 9.95. The Kier molecular flexibility index (Phi) is 8.53. The molecule has 0 aliphatic carbocycles. The van der Waals surface area contributed by atoms with E-state index in [9.17, 15) is 31.9 Å². The van der Waals surface area contributed by atoms with Gasteiger partial charge in [0.15, 0.2) is 0 Å². The molecule has 3 amide bonds. The summed E-state index contributed by atoms with van der Waals surface area (Å²) in [6.45, 7) is 11.2. The van der Waals surface area contributed by atoms with Gasteiger partial charge in [-0.25, -0.2) is 9.37 Å². The van der Waals surface area contributed by atoms with Gasteiger partial charge in [0.25, 0.3) is 0 Å². The van der Waals surface area contributed by atoms with Gasteiger partial charge in [0.2, 0.25) is 17.7 Å². The molecular weight excluding hydrogens is 606 g/mol. The maximum absolute atomic E-state index is 14.6. The van der Waals surface area contributed by atoms with Crippen LogP contribution in [0.2, 0.25) is 0 Å². The summed E-state index contributed by atoms with van der Waals surface area (Å²) < 4.78 is 55.6. The Bertz CT molecular complexity index is 1540. The molecule has 0 bridgehead atoms. The number of nitrogens with zero attached hydrogens (tertiary/aromatic N) is 7. The van der Waals surface area contributed by atoms with Crippen molar-refractivity contribution in [2.75, 3.05) is 80.7 Å². The molecule has 14 heteroatoms. The third-order valence-electron chi connectivity index (χ3n) is 9.58. The molecule has 1 aromatic carbocycles. The fraction of sp³-hybridized carbons (Fsp3) is 0.500. The molecule has 246 valence electrons. The van der Waals surface area contributed by atoms with E-state index in [1.54, 1.807) is 11.0 Å². The van der Waals surface area contributed by atoms with Crippen LogP contribution in [0.25, 0.3) is 0 Å². The van der Waals surface area contributed by atoms with Crippen molar-refractivity contribution < 1.29 is 31.9 Å². The molecule has 2 atom stereocenters. The lowest BCUT2D eigenvalue weighted by Crippen LogP contribution is -2.64. The first-order valence-corrected chi connectivity index (χ1v) is 15.4. The molecule has 2 aromatic rings. The summed E-state index contributed by atoms with van der Waals surface area (Å²) in [6.07, 6.45) is -3.36. The van der Waals surface area contributed by atoms with E-state index in [0.717, 1.165) is 43.2 Å².